The number of hydrogen-bond donors (Lipinski definition) is 0. The third-order valence-electron chi connectivity index (χ3n) is 2.97. The van der Waals surface area contributed by atoms with E-state index in [4.69, 9.17) is 0 Å². The fourth-order valence-electron chi connectivity index (χ4n) is 2.04. The van der Waals surface area contributed by atoms with E-state index < -0.39 is 0 Å². The summed E-state index contributed by atoms with van der Waals surface area (Å²) in [6.45, 7) is 4.65. The Balaban J connectivity index is 2.04. The number of nitrogens with zero attached hydrogens (tertiary/aromatic N) is 2. The summed E-state index contributed by atoms with van der Waals surface area (Å²) in [6.07, 6.45) is 1.32. The minimum atomic E-state index is 0.168. The van der Waals surface area contributed by atoms with Crippen LogP contribution in [0, 0.1) is 6.92 Å². The number of aryl methyl sites for hydroxylation is 3. The summed E-state index contributed by atoms with van der Waals surface area (Å²) in [7, 11) is 0. The van der Waals surface area contributed by atoms with Gasteiger partial charge in [-0.2, -0.15) is 5.10 Å². The van der Waals surface area contributed by atoms with Crippen LogP contribution in [-0.4, -0.2) is 15.6 Å². The van der Waals surface area contributed by atoms with Gasteiger partial charge in [-0.15, -0.1) is 0 Å². The van der Waals surface area contributed by atoms with Crippen molar-refractivity contribution in [2.45, 2.75) is 33.2 Å². The number of rotatable bonds is 5. The zero-order valence-corrected chi connectivity index (χ0v) is 10.9. The van der Waals surface area contributed by atoms with E-state index in [0.29, 0.717) is 6.42 Å². The van der Waals surface area contributed by atoms with Crippen LogP contribution in [0.5, 0.6) is 0 Å². The molecular weight excluding hydrogens is 224 g/mol. The van der Waals surface area contributed by atoms with Crippen molar-refractivity contribution in [1.82, 2.24) is 9.78 Å². The summed E-state index contributed by atoms with van der Waals surface area (Å²) in [5.74, 6) is 0.168. The van der Waals surface area contributed by atoms with Gasteiger partial charge in [-0.05, 0) is 31.9 Å². The van der Waals surface area contributed by atoms with Gasteiger partial charge in [0.2, 0.25) is 0 Å². The lowest BCUT2D eigenvalue weighted by atomic mass is 10.1. The standard InChI is InChI=1S/C15H18N2O/c1-3-17-14(11-12(2)16-17)15(18)10-9-13-7-5-4-6-8-13/h4-8,11H,3,9-10H2,1-2H3. The zero-order chi connectivity index (χ0) is 13.0. The van der Waals surface area contributed by atoms with Gasteiger partial charge in [-0.1, -0.05) is 30.3 Å². The van der Waals surface area contributed by atoms with Crippen molar-refractivity contribution >= 4 is 5.78 Å². The average Bonchev–Trinajstić information content (AvgIpc) is 2.78. The Kier molecular flexibility index (Phi) is 3.92. The van der Waals surface area contributed by atoms with Crippen LogP contribution < -0.4 is 0 Å². The van der Waals surface area contributed by atoms with Crippen LogP contribution in [0.25, 0.3) is 0 Å². The molecule has 1 aromatic heterocycles. The highest BCUT2D eigenvalue weighted by molar-refractivity contribution is 5.94. The van der Waals surface area contributed by atoms with Gasteiger partial charge < -0.3 is 0 Å². The van der Waals surface area contributed by atoms with Gasteiger partial charge in [0.1, 0.15) is 5.69 Å². The summed E-state index contributed by atoms with van der Waals surface area (Å²) in [5, 5.41) is 4.30. The Morgan fingerprint density at radius 3 is 2.67 bits per heavy atom. The summed E-state index contributed by atoms with van der Waals surface area (Å²) in [4.78, 5) is 12.2. The largest absolute Gasteiger partial charge is 0.292 e. The van der Waals surface area contributed by atoms with E-state index in [1.54, 1.807) is 4.68 Å². The Morgan fingerprint density at radius 1 is 1.28 bits per heavy atom. The lowest BCUT2D eigenvalue weighted by Crippen LogP contribution is -2.10. The number of carbonyl (C=O) groups is 1. The number of ketones is 1. The lowest BCUT2D eigenvalue weighted by Gasteiger charge is -2.04. The maximum absolute atomic E-state index is 12.2. The van der Waals surface area contributed by atoms with E-state index in [1.807, 2.05) is 38.1 Å². The molecule has 0 radical (unpaired) electrons. The molecule has 2 rings (SSSR count). The van der Waals surface area contributed by atoms with Gasteiger partial charge in [0.05, 0.1) is 5.69 Å². The van der Waals surface area contributed by atoms with Crippen molar-refractivity contribution in [1.29, 1.82) is 0 Å². The predicted molar refractivity (Wildman–Crippen MR) is 71.7 cm³/mol. The Hall–Kier alpha value is -1.90. The predicted octanol–water partition coefficient (Wildman–Crippen LogP) is 3.03. The fraction of sp³-hybridized carbons (Fsp3) is 0.333. The molecule has 2 aromatic rings. The molecule has 0 bridgehead atoms. The molecule has 0 saturated carbocycles. The van der Waals surface area contributed by atoms with Crippen molar-refractivity contribution in [2.24, 2.45) is 0 Å². The van der Waals surface area contributed by atoms with Gasteiger partial charge in [-0.25, -0.2) is 0 Å². The normalized spacial score (nSPS) is 10.6. The molecule has 0 aliphatic carbocycles. The van der Waals surface area contributed by atoms with Gasteiger partial charge in [0.15, 0.2) is 5.78 Å². The highest BCUT2D eigenvalue weighted by Crippen LogP contribution is 2.10. The second-order valence-electron chi connectivity index (χ2n) is 4.40. The number of Topliss-reactive ketones (excluding diaryl/α,β-unsaturated/α-hetero) is 1. The molecule has 0 amide bonds. The third-order valence-corrected chi connectivity index (χ3v) is 2.97. The van der Waals surface area contributed by atoms with E-state index >= 15 is 0 Å². The molecule has 0 aliphatic heterocycles. The number of aromatic nitrogens is 2. The first kappa shape index (κ1) is 12.6. The molecule has 0 atom stereocenters. The highest BCUT2D eigenvalue weighted by atomic mass is 16.1. The van der Waals surface area contributed by atoms with Crippen LogP contribution in [0.3, 0.4) is 0 Å². The summed E-state index contributed by atoms with van der Waals surface area (Å²) >= 11 is 0. The first-order valence-electron chi connectivity index (χ1n) is 6.32. The molecule has 3 heteroatoms. The number of hydrogen-bond acceptors (Lipinski definition) is 2. The molecule has 3 nitrogen and oxygen atoms in total. The SMILES string of the molecule is CCn1nc(C)cc1C(=O)CCc1ccccc1. The van der Waals surface area contributed by atoms with Crippen LogP contribution in [0.15, 0.2) is 36.4 Å². The first-order valence-corrected chi connectivity index (χ1v) is 6.32. The van der Waals surface area contributed by atoms with Gasteiger partial charge >= 0.3 is 0 Å². The molecule has 0 N–H and O–H groups in total. The van der Waals surface area contributed by atoms with Crippen molar-refractivity contribution in [3.05, 3.63) is 53.3 Å². The molecule has 18 heavy (non-hydrogen) atoms. The van der Waals surface area contributed by atoms with E-state index in [-0.39, 0.29) is 5.78 Å². The molecule has 0 spiro atoms. The van der Waals surface area contributed by atoms with Crippen molar-refractivity contribution in [3.63, 3.8) is 0 Å². The van der Waals surface area contributed by atoms with Gasteiger partial charge in [0.25, 0.3) is 0 Å². The monoisotopic (exact) mass is 242 g/mol. The highest BCUT2D eigenvalue weighted by Gasteiger charge is 2.12. The summed E-state index contributed by atoms with van der Waals surface area (Å²) < 4.78 is 1.78. The topological polar surface area (TPSA) is 34.9 Å². The fourth-order valence-corrected chi connectivity index (χ4v) is 2.04. The van der Waals surface area contributed by atoms with Crippen LogP contribution in [0.2, 0.25) is 0 Å². The maximum atomic E-state index is 12.2. The number of carbonyl (C=O) groups excluding carboxylic acids is 1. The molecule has 1 aromatic carbocycles. The molecule has 0 aliphatic rings. The minimum absolute atomic E-state index is 0.168. The van der Waals surface area contributed by atoms with E-state index in [2.05, 4.69) is 17.2 Å². The molecule has 0 saturated heterocycles. The molecule has 0 fully saturated rings. The Bertz CT molecular complexity index is 529. The third kappa shape index (κ3) is 2.86. The summed E-state index contributed by atoms with van der Waals surface area (Å²) in [5.41, 5.74) is 2.83. The Morgan fingerprint density at radius 2 is 2.00 bits per heavy atom. The number of benzene rings is 1. The van der Waals surface area contributed by atoms with Crippen LogP contribution in [0.4, 0.5) is 0 Å². The summed E-state index contributed by atoms with van der Waals surface area (Å²) in [6, 6.07) is 12.0. The molecular formula is C15H18N2O. The second-order valence-corrected chi connectivity index (χ2v) is 4.40. The molecule has 1 heterocycles. The second kappa shape index (κ2) is 5.63. The minimum Gasteiger partial charge on any atom is -0.292 e. The molecule has 94 valence electrons. The first-order chi connectivity index (χ1) is 8.70. The van der Waals surface area contributed by atoms with E-state index in [9.17, 15) is 4.79 Å². The lowest BCUT2D eigenvalue weighted by molar-refractivity contribution is 0.0972. The molecule has 0 unspecified atom stereocenters. The quantitative estimate of drug-likeness (QED) is 0.755. The van der Waals surface area contributed by atoms with Crippen molar-refractivity contribution < 1.29 is 4.79 Å². The van der Waals surface area contributed by atoms with E-state index in [1.165, 1.54) is 5.56 Å². The smallest absolute Gasteiger partial charge is 0.181 e. The van der Waals surface area contributed by atoms with Gasteiger partial charge in [-0.3, -0.25) is 9.48 Å². The maximum Gasteiger partial charge on any atom is 0.181 e. The van der Waals surface area contributed by atoms with Crippen LogP contribution >= 0.6 is 0 Å². The van der Waals surface area contributed by atoms with Gasteiger partial charge in [0, 0.05) is 13.0 Å². The Labute approximate surface area is 107 Å². The van der Waals surface area contributed by atoms with Crippen LogP contribution in [0.1, 0.15) is 35.1 Å². The zero-order valence-electron chi connectivity index (χ0n) is 10.9. The van der Waals surface area contributed by atoms with Crippen molar-refractivity contribution in [2.75, 3.05) is 0 Å². The van der Waals surface area contributed by atoms with Crippen LogP contribution in [-0.2, 0) is 13.0 Å². The van der Waals surface area contributed by atoms with Crippen molar-refractivity contribution in [3.8, 4) is 0 Å². The average molecular weight is 242 g/mol. The van der Waals surface area contributed by atoms with E-state index in [0.717, 1.165) is 24.4 Å².